The van der Waals surface area contributed by atoms with Crippen LogP contribution < -0.4 is 15.8 Å². The lowest BCUT2D eigenvalue weighted by molar-refractivity contribution is -0.127. The lowest BCUT2D eigenvalue weighted by atomic mass is 9.81. The molecule has 1 fully saturated rings. The van der Waals surface area contributed by atoms with E-state index in [0.29, 0.717) is 18.9 Å². The first-order valence-corrected chi connectivity index (χ1v) is 11.8. The number of pyridine rings is 1. The van der Waals surface area contributed by atoms with Gasteiger partial charge < -0.3 is 15.8 Å². The first kappa shape index (κ1) is 23.0. The van der Waals surface area contributed by atoms with Crippen molar-refractivity contribution in [2.24, 2.45) is 17.6 Å². The molecular weight excluding hydrogens is 410 g/mol. The Morgan fingerprint density at radius 2 is 1.79 bits per heavy atom. The van der Waals surface area contributed by atoms with Crippen LogP contribution in [0.3, 0.4) is 0 Å². The molecule has 33 heavy (non-hydrogen) atoms. The maximum Gasteiger partial charge on any atom is 0.223 e. The SMILES string of the molecule is COc1cccc(-c2ccnc(C(Cc3ccccc3)NC(=O)C3CCC(CN)CC3)c2)c1. The number of amides is 1. The third-order valence-electron chi connectivity index (χ3n) is 6.69. The second kappa shape index (κ2) is 11.1. The monoisotopic (exact) mass is 443 g/mol. The van der Waals surface area contributed by atoms with Gasteiger partial charge in [-0.2, -0.15) is 0 Å². The summed E-state index contributed by atoms with van der Waals surface area (Å²) in [6, 6.07) is 22.1. The van der Waals surface area contributed by atoms with Crippen LogP contribution in [-0.4, -0.2) is 24.5 Å². The van der Waals surface area contributed by atoms with E-state index in [9.17, 15) is 4.79 Å². The number of nitrogens with one attached hydrogen (secondary N) is 1. The predicted octanol–water partition coefficient (Wildman–Crippen LogP) is 4.92. The quantitative estimate of drug-likeness (QED) is 0.518. The standard InChI is InChI=1S/C28H33N3O2/c1-33-25-9-5-8-23(17-25)24-14-15-30-26(18-24)27(16-20-6-3-2-4-7-20)31-28(32)22-12-10-21(19-29)11-13-22/h2-9,14-15,17-18,21-22,27H,10-13,16,19,29H2,1H3,(H,31,32). The summed E-state index contributed by atoms with van der Waals surface area (Å²) in [6.45, 7) is 0.714. The molecule has 0 radical (unpaired) electrons. The van der Waals surface area contributed by atoms with Gasteiger partial charge in [-0.15, -0.1) is 0 Å². The third kappa shape index (κ3) is 5.99. The van der Waals surface area contributed by atoms with E-state index in [0.717, 1.165) is 48.3 Å². The highest BCUT2D eigenvalue weighted by Crippen LogP contribution is 2.30. The van der Waals surface area contributed by atoms with Crippen molar-refractivity contribution in [3.05, 3.63) is 84.2 Å². The summed E-state index contributed by atoms with van der Waals surface area (Å²) in [5.74, 6) is 1.54. The molecule has 0 aliphatic heterocycles. The van der Waals surface area contributed by atoms with Crippen molar-refractivity contribution >= 4 is 5.91 Å². The molecule has 0 bridgehead atoms. The third-order valence-corrected chi connectivity index (χ3v) is 6.69. The average Bonchev–Trinajstić information content (AvgIpc) is 2.89. The number of carbonyl (C=O) groups is 1. The molecule has 3 N–H and O–H groups in total. The second-order valence-corrected chi connectivity index (χ2v) is 8.91. The fourth-order valence-electron chi connectivity index (χ4n) is 4.65. The molecule has 3 aromatic rings. The molecule has 1 atom stereocenters. The number of carbonyl (C=O) groups excluding carboxylic acids is 1. The highest BCUT2D eigenvalue weighted by molar-refractivity contribution is 5.79. The minimum Gasteiger partial charge on any atom is -0.497 e. The van der Waals surface area contributed by atoms with Crippen LogP contribution in [0.5, 0.6) is 5.75 Å². The molecule has 172 valence electrons. The summed E-state index contributed by atoms with van der Waals surface area (Å²) in [4.78, 5) is 17.9. The molecule has 0 spiro atoms. The van der Waals surface area contributed by atoms with E-state index in [1.54, 1.807) is 7.11 Å². The maximum atomic E-state index is 13.2. The van der Waals surface area contributed by atoms with Crippen molar-refractivity contribution in [2.75, 3.05) is 13.7 Å². The summed E-state index contributed by atoms with van der Waals surface area (Å²) in [5, 5.41) is 3.33. The van der Waals surface area contributed by atoms with Crippen LogP contribution in [-0.2, 0) is 11.2 Å². The van der Waals surface area contributed by atoms with Gasteiger partial charge in [0.25, 0.3) is 0 Å². The molecule has 5 heteroatoms. The Balaban J connectivity index is 1.57. The fourth-order valence-corrected chi connectivity index (χ4v) is 4.65. The summed E-state index contributed by atoms with van der Waals surface area (Å²) in [5.41, 5.74) is 9.97. The van der Waals surface area contributed by atoms with Crippen molar-refractivity contribution in [3.8, 4) is 16.9 Å². The lowest BCUT2D eigenvalue weighted by Gasteiger charge is -2.28. The predicted molar refractivity (Wildman–Crippen MR) is 132 cm³/mol. The molecule has 1 heterocycles. The van der Waals surface area contributed by atoms with E-state index in [-0.39, 0.29) is 17.9 Å². The average molecular weight is 444 g/mol. The maximum absolute atomic E-state index is 13.2. The highest BCUT2D eigenvalue weighted by atomic mass is 16.5. The number of hydrogen-bond donors (Lipinski definition) is 2. The van der Waals surface area contributed by atoms with Crippen LogP contribution in [0, 0.1) is 11.8 Å². The van der Waals surface area contributed by atoms with E-state index >= 15 is 0 Å². The van der Waals surface area contributed by atoms with Crippen LogP contribution >= 0.6 is 0 Å². The molecule has 1 saturated carbocycles. The number of methoxy groups -OCH3 is 1. The van der Waals surface area contributed by atoms with Crippen LogP contribution in [0.4, 0.5) is 0 Å². The minimum atomic E-state index is -0.197. The largest absolute Gasteiger partial charge is 0.497 e. The molecule has 1 amide bonds. The Bertz CT molecular complexity index is 1050. The number of ether oxygens (including phenoxy) is 1. The number of nitrogens with zero attached hydrogens (tertiary/aromatic N) is 1. The number of aromatic nitrogens is 1. The van der Waals surface area contributed by atoms with E-state index in [1.807, 2.05) is 48.7 Å². The van der Waals surface area contributed by atoms with E-state index in [4.69, 9.17) is 10.5 Å². The summed E-state index contributed by atoms with van der Waals surface area (Å²) in [7, 11) is 1.67. The van der Waals surface area contributed by atoms with Crippen molar-refractivity contribution in [1.82, 2.24) is 10.3 Å². The fraction of sp³-hybridized carbons (Fsp3) is 0.357. The zero-order valence-electron chi connectivity index (χ0n) is 19.2. The Morgan fingerprint density at radius 3 is 2.52 bits per heavy atom. The van der Waals surface area contributed by atoms with Crippen LogP contribution in [0.25, 0.3) is 11.1 Å². The highest BCUT2D eigenvalue weighted by Gasteiger charge is 2.28. The van der Waals surface area contributed by atoms with Crippen LogP contribution in [0.2, 0.25) is 0 Å². The van der Waals surface area contributed by atoms with Gasteiger partial charge in [0.1, 0.15) is 5.75 Å². The Labute approximate surface area is 196 Å². The van der Waals surface area contributed by atoms with Gasteiger partial charge in [-0.3, -0.25) is 9.78 Å². The first-order valence-electron chi connectivity index (χ1n) is 11.8. The topological polar surface area (TPSA) is 77.2 Å². The summed E-state index contributed by atoms with van der Waals surface area (Å²) < 4.78 is 5.39. The zero-order valence-corrected chi connectivity index (χ0v) is 19.2. The molecule has 1 aliphatic rings. The zero-order chi connectivity index (χ0) is 23.0. The Kier molecular flexibility index (Phi) is 7.74. The molecule has 1 aromatic heterocycles. The van der Waals surface area contributed by atoms with Crippen LogP contribution in [0.1, 0.15) is 43.0 Å². The second-order valence-electron chi connectivity index (χ2n) is 8.91. The molecule has 5 nitrogen and oxygen atoms in total. The molecule has 2 aromatic carbocycles. The number of benzene rings is 2. The van der Waals surface area contributed by atoms with Gasteiger partial charge in [0.15, 0.2) is 0 Å². The molecular formula is C28H33N3O2. The number of rotatable bonds is 8. The number of hydrogen-bond acceptors (Lipinski definition) is 4. The van der Waals surface area contributed by atoms with Gasteiger partial charge in [0.05, 0.1) is 18.8 Å². The Hall–Kier alpha value is -3.18. The van der Waals surface area contributed by atoms with Gasteiger partial charge in [-0.1, -0.05) is 42.5 Å². The van der Waals surface area contributed by atoms with Crippen molar-refractivity contribution < 1.29 is 9.53 Å². The van der Waals surface area contributed by atoms with Crippen molar-refractivity contribution in [3.63, 3.8) is 0 Å². The summed E-state index contributed by atoms with van der Waals surface area (Å²) >= 11 is 0. The van der Waals surface area contributed by atoms with E-state index in [1.165, 1.54) is 5.56 Å². The lowest BCUT2D eigenvalue weighted by Crippen LogP contribution is -2.37. The summed E-state index contributed by atoms with van der Waals surface area (Å²) in [6.07, 6.45) is 6.38. The van der Waals surface area contributed by atoms with Gasteiger partial charge in [-0.25, -0.2) is 0 Å². The molecule has 1 aliphatic carbocycles. The number of nitrogens with two attached hydrogens (primary N) is 1. The molecule has 4 rings (SSSR count). The van der Waals surface area contributed by atoms with Crippen molar-refractivity contribution in [2.45, 2.75) is 38.1 Å². The minimum absolute atomic E-state index is 0.0487. The van der Waals surface area contributed by atoms with Gasteiger partial charge >= 0.3 is 0 Å². The van der Waals surface area contributed by atoms with Gasteiger partial charge in [0.2, 0.25) is 5.91 Å². The first-order chi connectivity index (χ1) is 16.2. The Morgan fingerprint density at radius 1 is 1.03 bits per heavy atom. The smallest absolute Gasteiger partial charge is 0.223 e. The molecule has 1 unspecified atom stereocenters. The van der Waals surface area contributed by atoms with Gasteiger partial charge in [0, 0.05) is 12.1 Å². The van der Waals surface area contributed by atoms with E-state index in [2.05, 4.69) is 34.6 Å². The van der Waals surface area contributed by atoms with E-state index < -0.39 is 0 Å². The van der Waals surface area contributed by atoms with Crippen molar-refractivity contribution in [1.29, 1.82) is 0 Å². The normalized spacial score (nSPS) is 19.0. The molecule has 0 saturated heterocycles. The van der Waals surface area contributed by atoms with Crippen LogP contribution in [0.15, 0.2) is 72.9 Å². The van der Waals surface area contributed by atoms with Gasteiger partial charge in [-0.05, 0) is 85.5 Å².